The number of carbonyl (C=O) groups is 1. The maximum Gasteiger partial charge on any atom is 0.178 e. The Morgan fingerprint density at radius 2 is 2.11 bits per heavy atom. The van der Waals surface area contributed by atoms with Crippen LogP contribution in [0.1, 0.15) is 49.9 Å². The van der Waals surface area contributed by atoms with Crippen molar-refractivity contribution >= 4 is 5.78 Å². The summed E-state index contributed by atoms with van der Waals surface area (Å²) in [7, 11) is 1.96. The number of ketones is 1. The van der Waals surface area contributed by atoms with Gasteiger partial charge in [0.25, 0.3) is 0 Å². The van der Waals surface area contributed by atoms with Crippen LogP contribution in [0.15, 0.2) is 18.5 Å². The van der Waals surface area contributed by atoms with E-state index in [9.17, 15) is 4.79 Å². The zero-order valence-corrected chi connectivity index (χ0v) is 12.4. The Bertz CT molecular complexity index is 416. The molecule has 1 saturated carbocycles. The Balaban J connectivity index is 2.00. The van der Waals surface area contributed by atoms with Crippen LogP contribution >= 0.6 is 0 Å². The lowest BCUT2D eigenvalue weighted by atomic mass is 10.1. The molecule has 3 nitrogen and oxygen atoms in total. The maximum atomic E-state index is 12.4. The second-order valence-corrected chi connectivity index (χ2v) is 6.25. The normalized spacial score (nSPS) is 16.7. The van der Waals surface area contributed by atoms with Crippen molar-refractivity contribution in [1.29, 1.82) is 0 Å². The summed E-state index contributed by atoms with van der Waals surface area (Å²) in [5, 5.41) is 0. The molecule has 0 saturated heterocycles. The van der Waals surface area contributed by atoms with E-state index >= 15 is 0 Å². The molecular formula is C16H26N2O. The Kier molecular flexibility index (Phi) is 4.81. The van der Waals surface area contributed by atoms with E-state index in [1.54, 1.807) is 0 Å². The highest BCUT2D eigenvalue weighted by atomic mass is 16.1. The molecule has 1 heterocycles. The summed E-state index contributed by atoms with van der Waals surface area (Å²) in [6.45, 7) is 6.07. The van der Waals surface area contributed by atoms with Crippen molar-refractivity contribution in [1.82, 2.24) is 9.47 Å². The van der Waals surface area contributed by atoms with Crippen molar-refractivity contribution in [2.45, 2.75) is 45.6 Å². The number of Topliss-reactive ketones (excluding diaryl/α,β-unsaturated/α-hetero) is 1. The molecule has 0 radical (unpaired) electrons. The van der Waals surface area contributed by atoms with Gasteiger partial charge in [0.2, 0.25) is 0 Å². The van der Waals surface area contributed by atoms with Gasteiger partial charge in [0.05, 0.1) is 6.54 Å². The molecule has 1 aliphatic carbocycles. The number of hydrogen-bond acceptors (Lipinski definition) is 2. The Hall–Kier alpha value is -1.09. The van der Waals surface area contributed by atoms with Gasteiger partial charge in [-0.15, -0.1) is 0 Å². The summed E-state index contributed by atoms with van der Waals surface area (Å²) in [4.78, 5) is 14.8. The predicted octanol–water partition coefficient (Wildman–Crippen LogP) is 3.11. The number of aromatic nitrogens is 1. The average Bonchev–Trinajstić information content (AvgIpc) is 2.97. The molecule has 1 fully saturated rings. The molecule has 19 heavy (non-hydrogen) atoms. The number of rotatable bonds is 6. The molecule has 0 unspecified atom stereocenters. The van der Waals surface area contributed by atoms with E-state index < -0.39 is 0 Å². The average molecular weight is 262 g/mol. The van der Waals surface area contributed by atoms with Gasteiger partial charge >= 0.3 is 0 Å². The SMILES string of the molecule is CC(C)CN(CC(=O)c1ccn(C)c1)C1CCCC1. The van der Waals surface area contributed by atoms with E-state index in [0.717, 1.165) is 12.1 Å². The summed E-state index contributed by atoms with van der Waals surface area (Å²) in [6.07, 6.45) is 9.02. The molecule has 1 aromatic rings. The molecule has 0 N–H and O–H groups in total. The summed E-state index contributed by atoms with van der Waals surface area (Å²) in [6, 6.07) is 2.54. The first-order valence-electron chi connectivity index (χ1n) is 7.45. The topological polar surface area (TPSA) is 25.2 Å². The monoisotopic (exact) mass is 262 g/mol. The minimum absolute atomic E-state index is 0.258. The minimum Gasteiger partial charge on any atom is -0.357 e. The summed E-state index contributed by atoms with van der Waals surface area (Å²) in [5.41, 5.74) is 0.842. The van der Waals surface area contributed by atoms with Gasteiger partial charge in [-0.1, -0.05) is 26.7 Å². The third kappa shape index (κ3) is 3.93. The lowest BCUT2D eigenvalue weighted by molar-refractivity contribution is 0.0876. The van der Waals surface area contributed by atoms with E-state index in [-0.39, 0.29) is 5.78 Å². The third-order valence-electron chi connectivity index (χ3n) is 3.94. The smallest absolute Gasteiger partial charge is 0.178 e. The molecule has 0 atom stereocenters. The van der Waals surface area contributed by atoms with E-state index in [1.807, 2.05) is 30.1 Å². The second-order valence-electron chi connectivity index (χ2n) is 6.25. The van der Waals surface area contributed by atoms with Gasteiger partial charge in [-0.3, -0.25) is 9.69 Å². The van der Waals surface area contributed by atoms with Crippen LogP contribution in [-0.4, -0.2) is 34.4 Å². The predicted molar refractivity (Wildman–Crippen MR) is 78.4 cm³/mol. The number of carbonyl (C=O) groups excluding carboxylic acids is 1. The fourth-order valence-electron chi connectivity index (χ4n) is 3.03. The molecule has 0 aromatic carbocycles. The van der Waals surface area contributed by atoms with E-state index in [0.29, 0.717) is 18.5 Å². The summed E-state index contributed by atoms with van der Waals surface area (Å²) >= 11 is 0. The van der Waals surface area contributed by atoms with Gasteiger partial charge in [0, 0.05) is 37.6 Å². The van der Waals surface area contributed by atoms with Gasteiger partial charge in [0.1, 0.15) is 0 Å². The van der Waals surface area contributed by atoms with Crippen molar-refractivity contribution in [3.05, 3.63) is 24.0 Å². The van der Waals surface area contributed by atoms with Crippen LogP contribution in [0.2, 0.25) is 0 Å². The molecule has 1 aromatic heterocycles. The number of hydrogen-bond donors (Lipinski definition) is 0. The summed E-state index contributed by atoms with van der Waals surface area (Å²) in [5.74, 6) is 0.873. The Labute approximate surface area is 116 Å². The standard InChI is InChI=1S/C16H26N2O/c1-13(2)10-18(15-6-4-5-7-15)12-16(19)14-8-9-17(3)11-14/h8-9,11,13,15H,4-7,10,12H2,1-3H3. The van der Waals surface area contributed by atoms with Gasteiger partial charge < -0.3 is 4.57 Å². The van der Waals surface area contributed by atoms with Crippen molar-refractivity contribution in [2.75, 3.05) is 13.1 Å². The van der Waals surface area contributed by atoms with E-state index in [1.165, 1.54) is 25.7 Å². The Morgan fingerprint density at radius 1 is 1.42 bits per heavy atom. The van der Waals surface area contributed by atoms with Crippen LogP contribution in [0.3, 0.4) is 0 Å². The van der Waals surface area contributed by atoms with Crippen LogP contribution in [0.4, 0.5) is 0 Å². The van der Waals surface area contributed by atoms with E-state index in [4.69, 9.17) is 0 Å². The van der Waals surface area contributed by atoms with Crippen LogP contribution in [0.25, 0.3) is 0 Å². The van der Waals surface area contributed by atoms with Gasteiger partial charge in [0.15, 0.2) is 5.78 Å². The number of aryl methyl sites for hydroxylation is 1. The van der Waals surface area contributed by atoms with Crippen molar-refractivity contribution in [3.63, 3.8) is 0 Å². The maximum absolute atomic E-state index is 12.4. The highest BCUT2D eigenvalue weighted by Crippen LogP contribution is 2.24. The lowest BCUT2D eigenvalue weighted by Crippen LogP contribution is -2.39. The molecule has 0 bridgehead atoms. The Morgan fingerprint density at radius 3 is 2.63 bits per heavy atom. The molecule has 0 spiro atoms. The molecule has 2 rings (SSSR count). The van der Waals surface area contributed by atoms with Crippen LogP contribution in [0, 0.1) is 5.92 Å². The first-order chi connectivity index (χ1) is 9.06. The first kappa shape index (κ1) is 14.3. The summed E-state index contributed by atoms with van der Waals surface area (Å²) < 4.78 is 1.94. The number of nitrogens with zero attached hydrogens (tertiary/aromatic N) is 2. The van der Waals surface area contributed by atoms with Crippen LogP contribution < -0.4 is 0 Å². The fourth-order valence-corrected chi connectivity index (χ4v) is 3.03. The van der Waals surface area contributed by atoms with Crippen molar-refractivity contribution < 1.29 is 4.79 Å². The first-order valence-corrected chi connectivity index (χ1v) is 7.45. The zero-order chi connectivity index (χ0) is 13.8. The lowest BCUT2D eigenvalue weighted by Gasteiger charge is -2.29. The zero-order valence-electron chi connectivity index (χ0n) is 12.4. The van der Waals surface area contributed by atoms with Gasteiger partial charge in [-0.2, -0.15) is 0 Å². The molecule has 0 amide bonds. The third-order valence-corrected chi connectivity index (χ3v) is 3.94. The van der Waals surface area contributed by atoms with Crippen molar-refractivity contribution in [3.8, 4) is 0 Å². The highest BCUT2D eigenvalue weighted by Gasteiger charge is 2.25. The highest BCUT2D eigenvalue weighted by molar-refractivity contribution is 5.97. The molecule has 3 heteroatoms. The quantitative estimate of drug-likeness (QED) is 0.736. The van der Waals surface area contributed by atoms with Crippen LogP contribution in [-0.2, 0) is 7.05 Å². The van der Waals surface area contributed by atoms with Crippen LogP contribution in [0.5, 0.6) is 0 Å². The molecule has 0 aliphatic heterocycles. The molecule has 106 valence electrons. The minimum atomic E-state index is 0.258. The van der Waals surface area contributed by atoms with E-state index in [2.05, 4.69) is 18.7 Å². The van der Waals surface area contributed by atoms with Gasteiger partial charge in [-0.25, -0.2) is 0 Å². The largest absolute Gasteiger partial charge is 0.357 e. The van der Waals surface area contributed by atoms with Gasteiger partial charge in [-0.05, 0) is 24.8 Å². The van der Waals surface area contributed by atoms with Crippen molar-refractivity contribution in [2.24, 2.45) is 13.0 Å². The molecular weight excluding hydrogens is 236 g/mol. The fraction of sp³-hybridized carbons (Fsp3) is 0.688. The second kappa shape index (κ2) is 6.38. The molecule has 1 aliphatic rings.